The minimum absolute atomic E-state index is 0.0204. The first-order valence-electron chi connectivity index (χ1n) is 16.2. The topological polar surface area (TPSA) is 105 Å². The first-order valence-corrected chi connectivity index (χ1v) is 17.6. The number of unbranched alkanes of at least 4 members (excludes halogenated alkanes) is 6. The van der Waals surface area contributed by atoms with Crippen LogP contribution in [-0.2, 0) is 9.84 Å². The maximum atomic E-state index is 13.3. The van der Waals surface area contributed by atoms with Gasteiger partial charge in [0.25, 0.3) is 0 Å². The van der Waals surface area contributed by atoms with Crippen LogP contribution in [0.2, 0.25) is 0 Å². The standard InChI is InChI=1S/C38H42O8S/c1-3-5-7-9-25-43-33-15-11-13-29(27-33)37(39)45-31-17-21-35(22-18-31)47(41,42)36-23-19-32(20-24-36)46-38(40)30-14-12-16-34(28-30)44-26-10-8-6-4-2/h11-24,27-28H,3-10,25-26H2,1-2H3. The zero-order chi connectivity index (χ0) is 33.5. The summed E-state index contributed by atoms with van der Waals surface area (Å²) in [6.45, 7) is 5.45. The highest BCUT2D eigenvalue weighted by Gasteiger charge is 2.19. The summed E-state index contributed by atoms with van der Waals surface area (Å²) in [4.78, 5) is 25.5. The van der Waals surface area contributed by atoms with Gasteiger partial charge in [0, 0.05) is 0 Å². The Kier molecular flexibility index (Phi) is 13.4. The predicted octanol–water partition coefficient (Wildman–Crippen LogP) is 8.88. The molecule has 0 N–H and O–H groups in total. The van der Waals surface area contributed by atoms with Gasteiger partial charge in [-0.1, -0.05) is 64.5 Å². The second-order valence-corrected chi connectivity index (χ2v) is 13.0. The molecule has 0 radical (unpaired) electrons. The third kappa shape index (κ3) is 10.7. The lowest BCUT2D eigenvalue weighted by molar-refractivity contribution is 0.0724. The van der Waals surface area contributed by atoms with Gasteiger partial charge < -0.3 is 18.9 Å². The summed E-state index contributed by atoms with van der Waals surface area (Å²) >= 11 is 0. The number of carbonyl (C=O) groups is 2. The normalized spacial score (nSPS) is 11.1. The van der Waals surface area contributed by atoms with Crippen molar-refractivity contribution in [3.8, 4) is 23.0 Å². The monoisotopic (exact) mass is 658 g/mol. The first-order chi connectivity index (χ1) is 22.8. The second kappa shape index (κ2) is 17.9. The fourth-order valence-electron chi connectivity index (χ4n) is 4.71. The summed E-state index contributed by atoms with van der Waals surface area (Å²) in [5, 5.41) is 0. The number of ether oxygens (including phenoxy) is 4. The second-order valence-electron chi connectivity index (χ2n) is 11.1. The molecule has 0 aliphatic rings. The Labute approximate surface area is 277 Å². The van der Waals surface area contributed by atoms with Crippen molar-refractivity contribution < 1.29 is 37.0 Å². The van der Waals surface area contributed by atoms with Crippen LogP contribution in [0.15, 0.2) is 107 Å². The smallest absolute Gasteiger partial charge is 0.343 e. The quantitative estimate of drug-likeness (QED) is 0.0593. The lowest BCUT2D eigenvalue weighted by Gasteiger charge is -2.10. The van der Waals surface area contributed by atoms with E-state index in [4.69, 9.17) is 18.9 Å². The van der Waals surface area contributed by atoms with Crippen molar-refractivity contribution in [1.29, 1.82) is 0 Å². The summed E-state index contributed by atoms with van der Waals surface area (Å²) in [5.74, 6) is 0.421. The summed E-state index contributed by atoms with van der Waals surface area (Å²) < 4.78 is 49.0. The summed E-state index contributed by atoms with van der Waals surface area (Å²) in [5.41, 5.74) is 0.653. The van der Waals surface area contributed by atoms with Crippen molar-refractivity contribution in [3.63, 3.8) is 0 Å². The fourth-order valence-corrected chi connectivity index (χ4v) is 5.97. The largest absolute Gasteiger partial charge is 0.494 e. The first kappa shape index (κ1) is 35.2. The predicted molar refractivity (Wildman–Crippen MR) is 180 cm³/mol. The van der Waals surface area contributed by atoms with Gasteiger partial charge in [-0.25, -0.2) is 18.0 Å². The number of benzene rings is 4. The lowest BCUT2D eigenvalue weighted by Crippen LogP contribution is -2.10. The van der Waals surface area contributed by atoms with Crippen molar-refractivity contribution in [2.24, 2.45) is 0 Å². The van der Waals surface area contributed by atoms with E-state index in [1.165, 1.54) is 48.5 Å². The van der Waals surface area contributed by atoms with E-state index < -0.39 is 21.8 Å². The third-order valence-electron chi connectivity index (χ3n) is 7.36. The number of hydrogen-bond acceptors (Lipinski definition) is 8. The van der Waals surface area contributed by atoms with Crippen LogP contribution in [0.1, 0.15) is 85.9 Å². The molecule has 0 unspecified atom stereocenters. The average Bonchev–Trinajstić information content (AvgIpc) is 3.09. The zero-order valence-electron chi connectivity index (χ0n) is 27.0. The van der Waals surface area contributed by atoms with Crippen LogP contribution in [-0.4, -0.2) is 33.6 Å². The van der Waals surface area contributed by atoms with E-state index in [1.807, 2.05) is 0 Å². The van der Waals surface area contributed by atoms with Gasteiger partial charge in [0.15, 0.2) is 0 Å². The Morgan fingerprint density at radius 2 is 0.915 bits per heavy atom. The molecule has 4 rings (SSSR count). The molecule has 0 saturated heterocycles. The van der Waals surface area contributed by atoms with Crippen LogP contribution < -0.4 is 18.9 Å². The molecule has 0 saturated carbocycles. The molecule has 0 fully saturated rings. The van der Waals surface area contributed by atoms with Crippen molar-refractivity contribution >= 4 is 21.8 Å². The molecule has 0 amide bonds. The third-order valence-corrected chi connectivity index (χ3v) is 9.15. The molecule has 4 aromatic carbocycles. The van der Waals surface area contributed by atoms with E-state index in [0.29, 0.717) is 35.8 Å². The number of carbonyl (C=O) groups excluding carboxylic acids is 2. The SMILES string of the molecule is CCCCCCOc1cccc(C(=O)Oc2ccc(S(=O)(=O)c3ccc(OC(=O)c4cccc(OCCCCCC)c4)cc3)cc2)c1. The molecule has 4 aromatic rings. The molecule has 0 aromatic heterocycles. The minimum Gasteiger partial charge on any atom is -0.494 e. The average molecular weight is 659 g/mol. The van der Waals surface area contributed by atoms with Crippen LogP contribution in [0.4, 0.5) is 0 Å². The van der Waals surface area contributed by atoms with Crippen molar-refractivity contribution in [3.05, 3.63) is 108 Å². The van der Waals surface area contributed by atoms with Gasteiger partial charge in [-0.05, 0) is 97.8 Å². The highest BCUT2D eigenvalue weighted by molar-refractivity contribution is 7.91. The zero-order valence-corrected chi connectivity index (χ0v) is 27.8. The summed E-state index contributed by atoms with van der Waals surface area (Å²) in [7, 11) is -3.89. The summed E-state index contributed by atoms with van der Waals surface area (Å²) in [6.07, 6.45) is 8.68. The molecule has 8 nitrogen and oxygen atoms in total. The summed E-state index contributed by atoms with van der Waals surface area (Å²) in [6, 6.07) is 24.8. The molecular weight excluding hydrogens is 616 g/mol. The van der Waals surface area contributed by atoms with Crippen LogP contribution in [0.25, 0.3) is 0 Å². The van der Waals surface area contributed by atoms with Crippen LogP contribution in [0.5, 0.6) is 23.0 Å². The molecule has 0 atom stereocenters. The number of sulfone groups is 1. The number of esters is 2. The molecule has 248 valence electrons. The van der Waals surface area contributed by atoms with E-state index in [-0.39, 0.29) is 21.3 Å². The highest BCUT2D eigenvalue weighted by atomic mass is 32.2. The van der Waals surface area contributed by atoms with Gasteiger partial charge in [-0.3, -0.25) is 0 Å². The van der Waals surface area contributed by atoms with Crippen molar-refractivity contribution in [1.82, 2.24) is 0 Å². The van der Waals surface area contributed by atoms with Gasteiger partial charge in [0.05, 0.1) is 34.1 Å². The maximum absolute atomic E-state index is 13.3. The Hall–Kier alpha value is -4.63. The molecule has 0 aliphatic carbocycles. The van der Waals surface area contributed by atoms with E-state index >= 15 is 0 Å². The molecule has 9 heteroatoms. The molecular formula is C38H42O8S. The Morgan fingerprint density at radius 1 is 0.511 bits per heavy atom. The van der Waals surface area contributed by atoms with E-state index in [1.54, 1.807) is 48.5 Å². The van der Waals surface area contributed by atoms with Gasteiger partial charge in [-0.15, -0.1) is 0 Å². The van der Waals surface area contributed by atoms with E-state index in [0.717, 1.165) is 51.4 Å². The van der Waals surface area contributed by atoms with Gasteiger partial charge in [-0.2, -0.15) is 0 Å². The number of hydrogen-bond donors (Lipinski definition) is 0. The van der Waals surface area contributed by atoms with Crippen molar-refractivity contribution in [2.45, 2.75) is 75.0 Å². The molecule has 0 spiro atoms. The lowest BCUT2D eigenvalue weighted by atomic mass is 10.2. The van der Waals surface area contributed by atoms with Gasteiger partial charge >= 0.3 is 11.9 Å². The fraction of sp³-hybridized carbons (Fsp3) is 0.316. The van der Waals surface area contributed by atoms with Gasteiger partial charge in [0.1, 0.15) is 23.0 Å². The molecule has 0 heterocycles. The van der Waals surface area contributed by atoms with Crippen LogP contribution >= 0.6 is 0 Å². The Bertz CT molecular complexity index is 1580. The highest BCUT2D eigenvalue weighted by Crippen LogP contribution is 2.26. The van der Waals surface area contributed by atoms with Crippen molar-refractivity contribution in [2.75, 3.05) is 13.2 Å². The molecule has 0 aliphatic heterocycles. The van der Waals surface area contributed by atoms with E-state index in [9.17, 15) is 18.0 Å². The van der Waals surface area contributed by atoms with Crippen LogP contribution in [0, 0.1) is 0 Å². The number of rotatable bonds is 18. The Balaban J connectivity index is 1.32. The Morgan fingerprint density at radius 3 is 1.30 bits per heavy atom. The van der Waals surface area contributed by atoms with E-state index in [2.05, 4.69) is 13.8 Å². The molecule has 47 heavy (non-hydrogen) atoms. The molecule has 0 bridgehead atoms. The maximum Gasteiger partial charge on any atom is 0.343 e. The van der Waals surface area contributed by atoms with Gasteiger partial charge in [0.2, 0.25) is 9.84 Å². The van der Waals surface area contributed by atoms with Crippen LogP contribution in [0.3, 0.4) is 0 Å². The minimum atomic E-state index is -3.89.